The Morgan fingerprint density at radius 3 is 3.00 bits per heavy atom. The Morgan fingerprint density at radius 1 is 1.32 bits per heavy atom. The number of carbonyl (C=O) groups excluding carboxylic acids is 1. The van der Waals surface area contributed by atoms with Crippen molar-refractivity contribution in [3.63, 3.8) is 0 Å². The summed E-state index contributed by atoms with van der Waals surface area (Å²) in [7, 11) is 0. The number of H-pyrrole nitrogens is 1. The van der Waals surface area contributed by atoms with Crippen LogP contribution in [0.25, 0.3) is 0 Å². The molecule has 2 aromatic rings. The van der Waals surface area contributed by atoms with Gasteiger partial charge in [0.15, 0.2) is 0 Å². The van der Waals surface area contributed by atoms with Gasteiger partial charge in [-0.3, -0.25) is 14.9 Å². The normalized spacial score (nSPS) is 21.1. The lowest BCUT2D eigenvalue weighted by atomic mass is 10.1. The van der Waals surface area contributed by atoms with Crippen LogP contribution < -0.4 is 10.2 Å². The number of pyridine rings is 1. The van der Waals surface area contributed by atoms with Crippen molar-refractivity contribution in [1.29, 1.82) is 0 Å². The van der Waals surface area contributed by atoms with Gasteiger partial charge in [0.2, 0.25) is 0 Å². The molecule has 1 amide bonds. The van der Waals surface area contributed by atoms with Crippen molar-refractivity contribution in [3.05, 3.63) is 42.0 Å². The van der Waals surface area contributed by atoms with Crippen LogP contribution in [0.15, 0.2) is 30.7 Å². The highest BCUT2D eigenvalue weighted by Gasteiger charge is 2.31. The summed E-state index contributed by atoms with van der Waals surface area (Å²) >= 11 is 0. The Kier molecular flexibility index (Phi) is 3.29. The molecule has 0 radical (unpaired) electrons. The van der Waals surface area contributed by atoms with E-state index in [0.29, 0.717) is 11.5 Å². The number of carbonyl (C=O) groups is 1. The molecule has 0 aromatic carbocycles. The highest BCUT2D eigenvalue weighted by molar-refractivity contribution is 5.95. The predicted molar refractivity (Wildman–Crippen MR) is 82.9 cm³/mol. The van der Waals surface area contributed by atoms with Gasteiger partial charge in [-0.15, -0.1) is 0 Å². The number of aromatic amines is 1. The number of hydrogen-bond acceptors (Lipinski definition) is 4. The zero-order chi connectivity index (χ0) is 14.9. The van der Waals surface area contributed by atoms with E-state index in [1.165, 1.54) is 0 Å². The van der Waals surface area contributed by atoms with Crippen LogP contribution in [0.3, 0.4) is 0 Å². The minimum absolute atomic E-state index is 0.00585. The van der Waals surface area contributed by atoms with Crippen molar-refractivity contribution < 1.29 is 4.79 Å². The molecule has 22 heavy (non-hydrogen) atoms. The highest BCUT2D eigenvalue weighted by Crippen LogP contribution is 2.40. The van der Waals surface area contributed by atoms with Gasteiger partial charge < -0.3 is 10.2 Å². The molecule has 6 heteroatoms. The molecular weight excluding hydrogens is 278 g/mol. The molecule has 3 heterocycles. The number of amides is 1. The summed E-state index contributed by atoms with van der Waals surface area (Å²) in [5.41, 5.74) is 2.82. The molecule has 1 saturated heterocycles. The van der Waals surface area contributed by atoms with Crippen molar-refractivity contribution in [1.82, 2.24) is 20.5 Å². The molecule has 1 saturated carbocycles. The Bertz CT molecular complexity index is 664. The third-order valence-electron chi connectivity index (χ3n) is 4.43. The lowest BCUT2D eigenvalue weighted by Crippen LogP contribution is -2.37. The zero-order valence-corrected chi connectivity index (χ0v) is 12.3. The van der Waals surface area contributed by atoms with Crippen molar-refractivity contribution >= 4 is 11.6 Å². The second-order valence-corrected chi connectivity index (χ2v) is 6.09. The first-order chi connectivity index (χ1) is 10.8. The smallest absolute Gasteiger partial charge is 0.255 e. The zero-order valence-electron chi connectivity index (χ0n) is 12.3. The first kappa shape index (κ1) is 13.3. The molecule has 2 N–H and O–H groups in total. The highest BCUT2D eigenvalue weighted by atomic mass is 16.1. The number of anilines is 1. The van der Waals surface area contributed by atoms with Gasteiger partial charge in [-0.05, 0) is 31.4 Å². The molecular formula is C16H19N5O. The molecule has 6 nitrogen and oxygen atoms in total. The van der Waals surface area contributed by atoms with Crippen LogP contribution in [0, 0.1) is 0 Å². The number of hydrogen-bond donors (Lipinski definition) is 2. The van der Waals surface area contributed by atoms with Gasteiger partial charge in [0.05, 0.1) is 29.3 Å². The second kappa shape index (κ2) is 5.44. The van der Waals surface area contributed by atoms with Gasteiger partial charge in [-0.1, -0.05) is 0 Å². The second-order valence-electron chi connectivity index (χ2n) is 6.09. The molecule has 2 aliphatic rings. The molecule has 1 unspecified atom stereocenters. The molecule has 0 bridgehead atoms. The molecule has 2 fully saturated rings. The summed E-state index contributed by atoms with van der Waals surface area (Å²) in [5.74, 6) is 0.493. The van der Waals surface area contributed by atoms with Gasteiger partial charge >= 0.3 is 0 Å². The summed E-state index contributed by atoms with van der Waals surface area (Å²) < 4.78 is 0. The van der Waals surface area contributed by atoms with Gasteiger partial charge in [-0.25, -0.2) is 0 Å². The number of nitrogens with zero attached hydrogens (tertiary/aromatic N) is 3. The summed E-state index contributed by atoms with van der Waals surface area (Å²) in [5, 5.41) is 10.2. The fourth-order valence-corrected chi connectivity index (χ4v) is 3.08. The minimum atomic E-state index is -0.00585. The van der Waals surface area contributed by atoms with Gasteiger partial charge in [-0.2, -0.15) is 5.10 Å². The van der Waals surface area contributed by atoms with E-state index < -0.39 is 0 Å². The summed E-state index contributed by atoms with van der Waals surface area (Å²) in [6.07, 6.45) is 8.55. The first-order valence-corrected chi connectivity index (χ1v) is 7.80. The van der Waals surface area contributed by atoms with E-state index in [1.807, 2.05) is 12.3 Å². The minimum Gasteiger partial charge on any atom is -0.368 e. The third-order valence-corrected chi connectivity index (χ3v) is 4.43. The Hall–Kier alpha value is -2.37. The molecule has 2 aromatic heterocycles. The Morgan fingerprint density at radius 2 is 2.23 bits per heavy atom. The van der Waals surface area contributed by atoms with Crippen LogP contribution >= 0.6 is 0 Å². The molecule has 114 valence electrons. The molecule has 1 atom stereocenters. The monoisotopic (exact) mass is 297 g/mol. The maximum Gasteiger partial charge on any atom is 0.255 e. The van der Waals surface area contributed by atoms with E-state index >= 15 is 0 Å². The third kappa shape index (κ3) is 2.56. The lowest BCUT2D eigenvalue weighted by Gasteiger charge is -2.18. The molecule has 4 rings (SSSR count). The van der Waals surface area contributed by atoms with Gasteiger partial charge in [0, 0.05) is 31.2 Å². The maximum absolute atomic E-state index is 12.5. The Balaban J connectivity index is 1.40. The van der Waals surface area contributed by atoms with Crippen molar-refractivity contribution in [2.24, 2.45) is 0 Å². The average Bonchev–Trinajstić information content (AvgIpc) is 3.09. The average molecular weight is 297 g/mol. The lowest BCUT2D eigenvalue weighted by molar-refractivity contribution is 0.0939. The van der Waals surface area contributed by atoms with Crippen molar-refractivity contribution in [2.45, 2.75) is 31.2 Å². The van der Waals surface area contributed by atoms with E-state index in [2.05, 4.69) is 31.5 Å². The van der Waals surface area contributed by atoms with E-state index in [4.69, 9.17) is 0 Å². The van der Waals surface area contributed by atoms with Crippen LogP contribution in [-0.2, 0) is 0 Å². The molecule has 0 spiro atoms. The van der Waals surface area contributed by atoms with Gasteiger partial charge in [0.25, 0.3) is 5.91 Å². The van der Waals surface area contributed by atoms with Gasteiger partial charge in [0.1, 0.15) is 0 Å². The standard InChI is InChI=1S/C16H19N5O/c22-16(14-9-18-20-15(14)11-3-4-11)19-12-5-7-21(10-12)13-2-1-6-17-8-13/h1-2,6,8-9,11-12H,3-5,7,10H2,(H,18,20)(H,19,22). The van der Waals surface area contributed by atoms with Crippen molar-refractivity contribution in [3.8, 4) is 0 Å². The maximum atomic E-state index is 12.5. The fraction of sp³-hybridized carbons (Fsp3) is 0.438. The van der Waals surface area contributed by atoms with E-state index in [0.717, 1.165) is 43.7 Å². The summed E-state index contributed by atoms with van der Waals surface area (Å²) in [6, 6.07) is 4.17. The summed E-state index contributed by atoms with van der Waals surface area (Å²) in [6.45, 7) is 1.77. The quantitative estimate of drug-likeness (QED) is 0.900. The predicted octanol–water partition coefficient (Wildman–Crippen LogP) is 1.69. The van der Waals surface area contributed by atoms with Crippen LogP contribution in [0.2, 0.25) is 0 Å². The van der Waals surface area contributed by atoms with Crippen LogP contribution in [0.4, 0.5) is 5.69 Å². The Labute approximate surface area is 128 Å². The fourth-order valence-electron chi connectivity index (χ4n) is 3.08. The van der Waals surface area contributed by atoms with Crippen LogP contribution in [0.1, 0.15) is 41.2 Å². The molecule has 1 aliphatic carbocycles. The van der Waals surface area contributed by atoms with E-state index in [-0.39, 0.29) is 11.9 Å². The van der Waals surface area contributed by atoms with Crippen LogP contribution in [0.5, 0.6) is 0 Å². The first-order valence-electron chi connectivity index (χ1n) is 7.80. The number of aromatic nitrogens is 3. The number of nitrogens with one attached hydrogen (secondary N) is 2. The largest absolute Gasteiger partial charge is 0.368 e. The summed E-state index contributed by atoms with van der Waals surface area (Å²) in [4.78, 5) is 18.9. The van der Waals surface area contributed by atoms with Crippen molar-refractivity contribution in [2.75, 3.05) is 18.0 Å². The van der Waals surface area contributed by atoms with E-state index in [1.54, 1.807) is 12.4 Å². The van der Waals surface area contributed by atoms with E-state index in [9.17, 15) is 4.79 Å². The number of rotatable bonds is 4. The van der Waals surface area contributed by atoms with Crippen LogP contribution in [-0.4, -0.2) is 40.2 Å². The SMILES string of the molecule is O=C(NC1CCN(c2cccnc2)C1)c1cn[nH]c1C1CC1. The molecule has 1 aliphatic heterocycles. The topological polar surface area (TPSA) is 73.9 Å².